The highest BCUT2D eigenvalue weighted by Gasteiger charge is 2.18. The van der Waals surface area contributed by atoms with Crippen molar-refractivity contribution < 1.29 is 13.3 Å². The second-order valence-corrected chi connectivity index (χ2v) is 8.79. The molecule has 2 aromatic heterocycles. The summed E-state index contributed by atoms with van der Waals surface area (Å²) in [5.41, 5.74) is 3.33. The Hall–Kier alpha value is -3.63. The van der Waals surface area contributed by atoms with Gasteiger partial charge in [0.2, 0.25) is 10.0 Å². The number of non-ortho nitro benzene ring substituents is 1. The Morgan fingerprint density at radius 2 is 1.77 bits per heavy atom. The van der Waals surface area contributed by atoms with Gasteiger partial charge in [-0.1, -0.05) is 29.8 Å². The zero-order chi connectivity index (χ0) is 22.0. The van der Waals surface area contributed by atoms with Crippen LogP contribution >= 0.6 is 0 Å². The first-order valence-electron chi connectivity index (χ1n) is 9.43. The number of nitrogens with zero attached hydrogens (tertiary/aromatic N) is 4. The molecule has 1 N–H and O–H groups in total. The summed E-state index contributed by atoms with van der Waals surface area (Å²) in [5, 5.41) is 10.8. The number of nitrogens with one attached hydrogen (secondary N) is 1. The Labute approximate surface area is 178 Å². The topological polar surface area (TPSA) is 120 Å². The third-order valence-corrected chi connectivity index (χ3v) is 6.24. The van der Waals surface area contributed by atoms with E-state index in [9.17, 15) is 18.5 Å². The molecule has 2 aromatic carbocycles. The number of aryl methyl sites for hydroxylation is 1. The molecule has 0 radical (unpaired) electrons. The van der Waals surface area contributed by atoms with Gasteiger partial charge in [-0.3, -0.25) is 10.1 Å². The number of hydrogen-bond acceptors (Lipinski definition) is 6. The van der Waals surface area contributed by atoms with Crippen LogP contribution in [0.4, 0.5) is 5.69 Å². The van der Waals surface area contributed by atoms with Crippen LogP contribution < -0.4 is 4.72 Å². The molecule has 0 saturated heterocycles. The van der Waals surface area contributed by atoms with Crippen molar-refractivity contribution in [1.82, 2.24) is 19.3 Å². The van der Waals surface area contributed by atoms with Crippen LogP contribution in [0.2, 0.25) is 0 Å². The first-order chi connectivity index (χ1) is 14.8. The third kappa shape index (κ3) is 4.44. The van der Waals surface area contributed by atoms with Crippen molar-refractivity contribution in [2.45, 2.75) is 24.9 Å². The van der Waals surface area contributed by atoms with E-state index >= 15 is 0 Å². The molecule has 0 atom stereocenters. The Morgan fingerprint density at radius 1 is 1.06 bits per heavy atom. The van der Waals surface area contributed by atoms with Crippen molar-refractivity contribution >= 4 is 26.9 Å². The maximum atomic E-state index is 12.7. The monoisotopic (exact) mass is 437 g/mol. The van der Waals surface area contributed by atoms with Crippen LogP contribution in [0.1, 0.15) is 17.0 Å². The van der Waals surface area contributed by atoms with Crippen molar-refractivity contribution in [2.24, 2.45) is 0 Å². The molecular formula is C21H19N5O4S. The molecule has 0 amide bonds. The van der Waals surface area contributed by atoms with E-state index in [2.05, 4.69) is 14.7 Å². The molecule has 0 saturated carbocycles. The van der Waals surface area contributed by atoms with Gasteiger partial charge in [0.1, 0.15) is 11.3 Å². The summed E-state index contributed by atoms with van der Waals surface area (Å²) in [7, 11) is -3.88. The smallest absolute Gasteiger partial charge is 0.269 e. The van der Waals surface area contributed by atoms with Gasteiger partial charge in [-0.05, 0) is 36.8 Å². The van der Waals surface area contributed by atoms with E-state index in [-0.39, 0.29) is 17.1 Å². The number of imidazole rings is 1. The van der Waals surface area contributed by atoms with Crippen LogP contribution in [-0.2, 0) is 23.1 Å². The van der Waals surface area contributed by atoms with E-state index in [0.717, 1.165) is 23.3 Å². The standard InChI is InChI=1S/C21H19N5O4S/c1-15-4-6-16(7-5-15)14-25-20(24-19-3-2-12-22-21(19)25)13-23-31(29,30)18-10-8-17(9-11-18)26(27)28/h2-12,23H,13-14H2,1H3. The molecule has 4 rings (SSSR count). The number of sulfonamides is 1. The Bertz CT molecular complexity index is 1350. The minimum absolute atomic E-state index is 0.0540. The molecule has 2 heterocycles. The van der Waals surface area contributed by atoms with Crippen LogP contribution in [0, 0.1) is 17.0 Å². The average molecular weight is 437 g/mol. The van der Waals surface area contributed by atoms with Crippen LogP contribution in [0.15, 0.2) is 71.8 Å². The fourth-order valence-corrected chi connectivity index (χ4v) is 4.15. The number of nitro benzene ring substituents is 1. The lowest BCUT2D eigenvalue weighted by molar-refractivity contribution is -0.384. The molecule has 4 aromatic rings. The maximum absolute atomic E-state index is 12.7. The van der Waals surface area contributed by atoms with Gasteiger partial charge < -0.3 is 4.57 Å². The lowest BCUT2D eigenvalue weighted by Crippen LogP contribution is -2.25. The SMILES string of the molecule is Cc1ccc(Cn2c(CNS(=O)(=O)c3ccc([N+](=O)[O-])cc3)nc3cccnc32)cc1. The molecule has 10 heteroatoms. The number of nitro groups is 1. The van der Waals surface area contributed by atoms with Gasteiger partial charge in [-0.15, -0.1) is 0 Å². The summed E-state index contributed by atoms with van der Waals surface area (Å²) in [6.07, 6.45) is 1.67. The molecule has 0 unspecified atom stereocenters. The van der Waals surface area contributed by atoms with E-state index in [1.807, 2.05) is 41.8 Å². The zero-order valence-corrected chi connectivity index (χ0v) is 17.4. The van der Waals surface area contributed by atoms with Crippen molar-refractivity contribution in [2.75, 3.05) is 0 Å². The zero-order valence-electron chi connectivity index (χ0n) is 16.6. The van der Waals surface area contributed by atoms with Gasteiger partial charge in [-0.25, -0.2) is 23.1 Å². The van der Waals surface area contributed by atoms with E-state index in [0.29, 0.717) is 23.5 Å². The van der Waals surface area contributed by atoms with Crippen molar-refractivity contribution in [3.05, 3.63) is 93.9 Å². The third-order valence-electron chi connectivity index (χ3n) is 4.82. The predicted molar refractivity (Wildman–Crippen MR) is 115 cm³/mol. The highest BCUT2D eigenvalue weighted by Crippen LogP contribution is 2.19. The molecule has 31 heavy (non-hydrogen) atoms. The summed E-state index contributed by atoms with van der Waals surface area (Å²) in [5.74, 6) is 0.514. The van der Waals surface area contributed by atoms with E-state index in [4.69, 9.17) is 0 Å². The molecule has 0 bridgehead atoms. The van der Waals surface area contributed by atoms with Crippen molar-refractivity contribution in [1.29, 1.82) is 0 Å². The second-order valence-electron chi connectivity index (χ2n) is 7.02. The second kappa shape index (κ2) is 8.25. The Balaban J connectivity index is 1.61. The summed E-state index contributed by atoms with van der Waals surface area (Å²) in [6, 6.07) is 16.4. The van der Waals surface area contributed by atoms with Gasteiger partial charge in [0.15, 0.2) is 5.65 Å². The number of aromatic nitrogens is 3. The molecule has 0 aliphatic heterocycles. The van der Waals surface area contributed by atoms with Crippen LogP contribution in [0.25, 0.3) is 11.2 Å². The number of hydrogen-bond donors (Lipinski definition) is 1. The van der Waals surface area contributed by atoms with Crippen molar-refractivity contribution in [3.63, 3.8) is 0 Å². The summed E-state index contributed by atoms with van der Waals surface area (Å²) >= 11 is 0. The highest BCUT2D eigenvalue weighted by atomic mass is 32.2. The molecule has 0 aliphatic rings. The fraction of sp³-hybridized carbons (Fsp3) is 0.143. The van der Waals surface area contributed by atoms with Gasteiger partial charge in [0.05, 0.1) is 22.9 Å². The van der Waals surface area contributed by atoms with Gasteiger partial charge in [0.25, 0.3) is 5.69 Å². The Kier molecular flexibility index (Phi) is 5.49. The first-order valence-corrected chi connectivity index (χ1v) is 10.9. The molecular weight excluding hydrogens is 418 g/mol. The quantitative estimate of drug-likeness (QED) is 0.350. The number of rotatable bonds is 7. The average Bonchev–Trinajstić information content (AvgIpc) is 3.11. The van der Waals surface area contributed by atoms with Crippen LogP contribution in [0.5, 0.6) is 0 Å². The van der Waals surface area contributed by atoms with E-state index in [1.165, 1.54) is 12.1 Å². The lowest BCUT2D eigenvalue weighted by Gasteiger charge is -2.11. The number of pyridine rings is 1. The Morgan fingerprint density at radius 3 is 2.45 bits per heavy atom. The van der Waals surface area contributed by atoms with Crippen LogP contribution in [0.3, 0.4) is 0 Å². The molecule has 9 nitrogen and oxygen atoms in total. The molecule has 158 valence electrons. The number of fused-ring (bicyclic) bond motifs is 1. The molecule has 0 aliphatic carbocycles. The summed E-state index contributed by atoms with van der Waals surface area (Å²) in [6.45, 7) is 2.44. The normalized spacial score (nSPS) is 11.6. The maximum Gasteiger partial charge on any atom is 0.269 e. The first kappa shape index (κ1) is 20.6. The van der Waals surface area contributed by atoms with Gasteiger partial charge in [0, 0.05) is 18.3 Å². The van der Waals surface area contributed by atoms with Crippen LogP contribution in [-0.4, -0.2) is 27.9 Å². The van der Waals surface area contributed by atoms with Crippen molar-refractivity contribution in [3.8, 4) is 0 Å². The van der Waals surface area contributed by atoms with Gasteiger partial charge in [-0.2, -0.15) is 0 Å². The predicted octanol–water partition coefficient (Wildman–Crippen LogP) is 3.17. The van der Waals surface area contributed by atoms with E-state index < -0.39 is 14.9 Å². The van der Waals surface area contributed by atoms with E-state index in [1.54, 1.807) is 12.3 Å². The fourth-order valence-electron chi connectivity index (χ4n) is 3.17. The minimum Gasteiger partial charge on any atom is -0.307 e. The number of benzene rings is 2. The molecule has 0 spiro atoms. The summed E-state index contributed by atoms with van der Waals surface area (Å²) in [4.78, 5) is 19.1. The molecule has 0 fully saturated rings. The summed E-state index contributed by atoms with van der Waals surface area (Å²) < 4.78 is 29.8. The minimum atomic E-state index is -3.88. The van der Waals surface area contributed by atoms with Gasteiger partial charge >= 0.3 is 0 Å². The highest BCUT2D eigenvalue weighted by molar-refractivity contribution is 7.89. The lowest BCUT2D eigenvalue weighted by atomic mass is 10.1. The largest absolute Gasteiger partial charge is 0.307 e.